The number of pyridine rings is 2. The number of piperidine rings is 1. The van der Waals surface area contributed by atoms with E-state index in [0.717, 1.165) is 43.4 Å². The van der Waals surface area contributed by atoms with Crippen molar-refractivity contribution >= 4 is 11.5 Å². The summed E-state index contributed by atoms with van der Waals surface area (Å²) in [6, 6.07) is 12.3. The molecule has 0 saturated carbocycles. The Balaban J connectivity index is 1.30. The van der Waals surface area contributed by atoms with Gasteiger partial charge in [0.1, 0.15) is 11.5 Å². The lowest BCUT2D eigenvalue weighted by Crippen LogP contribution is -2.54. The van der Waals surface area contributed by atoms with Crippen LogP contribution in [0.25, 0.3) is 5.65 Å². The van der Waals surface area contributed by atoms with Gasteiger partial charge in [0.05, 0.1) is 17.4 Å². The van der Waals surface area contributed by atoms with E-state index in [9.17, 15) is 0 Å². The minimum Gasteiger partial charge on any atom is -0.355 e. The molecule has 0 spiro atoms. The lowest BCUT2D eigenvalue weighted by atomic mass is 9.77. The van der Waals surface area contributed by atoms with E-state index in [1.807, 2.05) is 6.20 Å². The number of aromatic nitrogens is 3. The normalized spacial score (nSPS) is 28.5. The second kappa shape index (κ2) is 8.16. The average molecular weight is 431 g/mol. The van der Waals surface area contributed by atoms with Gasteiger partial charge in [-0.2, -0.15) is 0 Å². The highest BCUT2D eigenvalue weighted by molar-refractivity contribution is 5.53. The second-order valence-electron chi connectivity index (χ2n) is 10.1. The Labute approximate surface area is 190 Å². The molecular weight excluding hydrogens is 396 g/mol. The number of imidazole rings is 1. The van der Waals surface area contributed by atoms with Gasteiger partial charge in [-0.15, -0.1) is 0 Å². The Morgan fingerprint density at radius 1 is 1.06 bits per heavy atom. The highest BCUT2D eigenvalue weighted by atomic mass is 15.3. The van der Waals surface area contributed by atoms with E-state index < -0.39 is 0 Å². The molecule has 5 heterocycles. The first kappa shape index (κ1) is 20.2. The monoisotopic (exact) mass is 430 g/mol. The van der Waals surface area contributed by atoms with E-state index in [0.29, 0.717) is 18.1 Å². The van der Waals surface area contributed by atoms with E-state index in [-0.39, 0.29) is 0 Å². The van der Waals surface area contributed by atoms with Crippen molar-refractivity contribution in [3.8, 4) is 0 Å². The number of nitrogens with one attached hydrogen (secondary N) is 1. The Morgan fingerprint density at radius 3 is 2.81 bits per heavy atom. The van der Waals surface area contributed by atoms with Crippen LogP contribution in [0.15, 0.2) is 42.7 Å². The van der Waals surface area contributed by atoms with Crippen molar-refractivity contribution in [3.63, 3.8) is 0 Å². The van der Waals surface area contributed by atoms with Crippen molar-refractivity contribution in [3.05, 3.63) is 59.7 Å². The summed E-state index contributed by atoms with van der Waals surface area (Å²) >= 11 is 0. The number of fused-ring (bicyclic) bond motifs is 4. The first-order valence-electron chi connectivity index (χ1n) is 12.3. The number of piperazine rings is 1. The molecule has 0 aromatic carbocycles. The van der Waals surface area contributed by atoms with Crippen molar-refractivity contribution in [1.82, 2.24) is 24.6 Å². The van der Waals surface area contributed by atoms with Crippen LogP contribution >= 0.6 is 0 Å². The van der Waals surface area contributed by atoms with Crippen LogP contribution in [-0.4, -0.2) is 51.0 Å². The summed E-state index contributed by atoms with van der Waals surface area (Å²) in [5.74, 6) is 1.98. The van der Waals surface area contributed by atoms with Gasteiger partial charge in [0, 0.05) is 44.1 Å². The number of aryl methyl sites for hydroxylation is 1. The van der Waals surface area contributed by atoms with E-state index in [4.69, 9.17) is 9.97 Å². The fourth-order valence-corrected chi connectivity index (χ4v) is 6.40. The van der Waals surface area contributed by atoms with Crippen molar-refractivity contribution in [2.45, 2.75) is 64.2 Å². The molecule has 1 aliphatic carbocycles. The Morgan fingerprint density at radius 2 is 1.94 bits per heavy atom. The van der Waals surface area contributed by atoms with Crippen LogP contribution in [0.4, 0.5) is 5.82 Å². The van der Waals surface area contributed by atoms with E-state index in [2.05, 4.69) is 69.9 Å². The largest absolute Gasteiger partial charge is 0.355 e. The molecule has 4 atom stereocenters. The lowest BCUT2D eigenvalue weighted by Gasteiger charge is -2.44. The van der Waals surface area contributed by atoms with E-state index >= 15 is 0 Å². The predicted octanol–water partition coefficient (Wildman–Crippen LogP) is 3.82. The minimum absolute atomic E-state index is 0.438. The summed E-state index contributed by atoms with van der Waals surface area (Å²) in [6.45, 7) is 8.61. The van der Waals surface area contributed by atoms with Gasteiger partial charge in [0.25, 0.3) is 0 Å². The third kappa shape index (κ3) is 3.59. The van der Waals surface area contributed by atoms with Gasteiger partial charge in [0.2, 0.25) is 0 Å². The molecule has 6 heteroatoms. The van der Waals surface area contributed by atoms with Crippen LogP contribution in [0.2, 0.25) is 0 Å². The molecule has 2 aliphatic heterocycles. The highest BCUT2D eigenvalue weighted by Crippen LogP contribution is 2.43. The molecule has 3 aliphatic rings. The zero-order valence-corrected chi connectivity index (χ0v) is 19.2. The zero-order chi connectivity index (χ0) is 21.7. The predicted molar refractivity (Wildman–Crippen MR) is 128 cm³/mol. The standard InChI is InChI=1S/C26H34N6/c1-18-14-31(15-19(2)28-18)24-9-3-8-23-29-22(17-32(23)24)16-30-13-5-7-21-11-10-20-6-4-12-27-25(20)26(21)30/h3-4,6,8-9,12,17-19,21,26,28H,5,7,10-11,13-16H2,1-2H3/t18-,19+,21-,26-/m0/s1. The number of likely N-dealkylation sites (tertiary alicyclic amines) is 1. The second-order valence-corrected chi connectivity index (χ2v) is 10.1. The first-order chi connectivity index (χ1) is 15.7. The van der Waals surface area contributed by atoms with Gasteiger partial charge in [-0.05, 0) is 75.8 Å². The quantitative estimate of drug-likeness (QED) is 0.685. The number of anilines is 1. The van der Waals surface area contributed by atoms with E-state index in [1.165, 1.54) is 42.8 Å². The fraction of sp³-hybridized carbons (Fsp3) is 0.538. The Bertz CT molecular complexity index is 1100. The van der Waals surface area contributed by atoms with Crippen molar-refractivity contribution in [1.29, 1.82) is 0 Å². The van der Waals surface area contributed by atoms with Crippen molar-refractivity contribution in [2.24, 2.45) is 5.92 Å². The van der Waals surface area contributed by atoms with Gasteiger partial charge in [0.15, 0.2) is 0 Å². The molecule has 0 unspecified atom stereocenters. The summed E-state index contributed by atoms with van der Waals surface area (Å²) in [4.78, 5) is 15.1. The van der Waals surface area contributed by atoms with Gasteiger partial charge in [-0.25, -0.2) is 4.98 Å². The smallest absolute Gasteiger partial charge is 0.138 e. The molecule has 1 N–H and O–H groups in total. The third-order valence-electron chi connectivity index (χ3n) is 7.62. The van der Waals surface area contributed by atoms with Crippen molar-refractivity contribution < 1.29 is 0 Å². The molecule has 168 valence electrons. The van der Waals surface area contributed by atoms with Gasteiger partial charge < -0.3 is 10.2 Å². The average Bonchev–Trinajstić information content (AvgIpc) is 3.21. The van der Waals surface area contributed by atoms with Crippen LogP contribution in [0, 0.1) is 5.92 Å². The molecule has 2 saturated heterocycles. The topological polar surface area (TPSA) is 48.7 Å². The maximum atomic E-state index is 5.05. The molecule has 32 heavy (non-hydrogen) atoms. The molecule has 0 amide bonds. The van der Waals surface area contributed by atoms with Gasteiger partial charge in [-0.1, -0.05) is 12.1 Å². The summed E-state index contributed by atoms with van der Waals surface area (Å²) in [5.41, 5.74) is 4.97. The third-order valence-corrected chi connectivity index (χ3v) is 7.62. The van der Waals surface area contributed by atoms with Crippen LogP contribution in [-0.2, 0) is 13.0 Å². The summed E-state index contributed by atoms with van der Waals surface area (Å²) < 4.78 is 2.30. The number of rotatable bonds is 3. The van der Waals surface area contributed by atoms with Crippen LogP contribution in [0.3, 0.4) is 0 Å². The van der Waals surface area contributed by atoms with Crippen LogP contribution in [0.5, 0.6) is 0 Å². The van der Waals surface area contributed by atoms with E-state index in [1.54, 1.807) is 0 Å². The SMILES string of the molecule is C[C@@H]1CN(c2cccc3nc(CN4CCC[C@H]5CCc6cccnc6[C@H]54)cn23)C[C@H](C)N1. The van der Waals surface area contributed by atoms with Gasteiger partial charge >= 0.3 is 0 Å². The van der Waals surface area contributed by atoms with Crippen LogP contribution in [0.1, 0.15) is 56.1 Å². The number of nitrogens with zero attached hydrogens (tertiary/aromatic N) is 5. The van der Waals surface area contributed by atoms with Crippen molar-refractivity contribution in [2.75, 3.05) is 24.5 Å². The number of hydrogen-bond acceptors (Lipinski definition) is 5. The molecule has 2 fully saturated rings. The maximum Gasteiger partial charge on any atom is 0.138 e. The Hall–Kier alpha value is -2.44. The van der Waals surface area contributed by atoms with Crippen LogP contribution < -0.4 is 10.2 Å². The molecule has 6 nitrogen and oxygen atoms in total. The maximum absolute atomic E-state index is 5.05. The molecule has 0 radical (unpaired) electrons. The lowest BCUT2D eigenvalue weighted by molar-refractivity contribution is 0.0687. The fourth-order valence-electron chi connectivity index (χ4n) is 6.40. The summed E-state index contributed by atoms with van der Waals surface area (Å²) in [7, 11) is 0. The van der Waals surface area contributed by atoms with Gasteiger partial charge in [-0.3, -0.25) is 14.3 Å². The zero-order valence-electron chi connectivity index (χ0n) is 19.2. The minimum atomic E-state index is 0.438. The molecule has 0 bridgehead atoms. The summed E-state index contributed by atoms with van der Waals surface area (Å²) in [5, 5.41) is 3.64. The molecule has 3 aromatic heterocycles. The molecule has 3 aromatic rings. The molecular formula is C26H34N6. The highest BCUT2D eigenvalue weighted by Gasteiger charge is 2.37. The summed E-state index contributed by atoms with van der Waals surface area (Å²) in [6.07, 6.45) is 9.31. The Kier molecular flexibility index (Phi) is 5.15. The molecule has 6 rings (SSSR count). The number of hydrogen-bond donors (Lipinski definition) is 1. The first-order valence-corrected chi connectivity index (χ1v) is 12.3.